The summed E-state index contributed by atoms with van der Waals surface area (Å²) in [6.07, 6.45) is 0. The van der Waals surface area contributed by atoms with E-state index in [-0.39, 0.29) is 11.0 Å². The number of aromatic carboxylic acids is 1. The van der Waals surface area contributed by atoms with Gasteiger partial charge in [-0.05, 0) is 23.5 Å². The van der Waals surface area contributed by atoms with E-state index in [9.17, 15) is 4.79 Å². The van der Waals surface area contributed by atoms with E-state index in [1.807, 2.05) is 6.07 Å². The van der Waals surface area contributed by atoms with Gasteiger partial charge in [-0.15, -0.1) is 5.10 Å². The normalized spacial score (nSPS) is 13.7. The van der Waals surface area contributed by atoms with Gasteiger partial charge < -0.3 is 5.11 Å². The molecule has 0 aliphatic carbocycles. The molecule has 1 aromatic heterocycles. The van der Waals surface area contributed by atoms with Crippen LogP contribution in [0.5, 0.6) is 0 Å². The Morgan fingerprint density at radius 3 is 2.68 bits per heavy atom. The van der Waals surface area contributed by atoms with Crippen LogP contribution in [0.25, 0.3) is 11.0 Å². The fourth-order valence-electron chi connectivity index (χ4n) is 1.83. The molecule has 0 aliphatic heterocycles. The summed E-state index contributed by atoms with van der Waals surface area (Å²) in [6.45, 7) is 9.43. The highest BCUT2D eigenvalue weighted by atomic mass is 16.4. The van der Waals surface area contributed by atoms with Crippen molar-refractivity contribution < 1.29 is 9.90 Å². The van der Waals surface area contributed by atoms with Crippen LogP contribution in [0.3, 0.4) is 0 Å². The molecule has 1 aromatic carbocycles. The minimum absolute atomic E-state index is 0.169. The summed E-state index contributed by atoms with van der Waals surface area (Å²) in [6, 6.07) is 5.14. The van der Waals surface area contributed by atoms with E-state index in [2.05, 4.69) is 38.0 Å². The monoisotopic (exact) mass is 261 g/mol. The van der Waals surface area contributed by atoms with Crippen LogP contribution in [0.4, 0.5) is 0 Å². The Labute approximate surface area is 112 Å². The van der Waals surface area contributed by atoms with Crippen LogP contribution in [0.1, 0.15) is 38.1 Å². The Kier molecular flexibility index (Phi) is 3.30. The lowest BCUT2D eigenvalue weighted by atomic mass is 9.82. The van der Waals surface area contributed by atoms with E-state index in [0.29, 0.717) is 11.4 Å². The number of carboxylic acid groups (broad SMARTS) is 1. The molecule has 19 heavy (non-hydrogen) atoms. The zero-order valence-electron chi connectivity index (χ0n) is 11.7. The van der Waals surface area contributed by atoms with E-state index in [0.717, 1.165) is 12.1 Å². The van der Waals surface area contributed by atoms with Crippen molar-refractivity contribution in [2.45, 2.75) is 34.2 Å². The molecule has 0 aliphatic rings. The minimum atomic E-state index is -0.971. The molecular formula is C14H19N3O2. The maximum atomic E-state index is 11.1. The number of carboxylic acids is 1. The fraction of sp³-hybridized carbons (Fsp3) is 0.500. The summed E-state index contributed by atoms with van der Waals surface area (Å²) in [7, 11) is 0. The van der Waals surface area contributed by atoms with Gasteiger partial charge in [0.1, 0.15) is 5.52 Å². The molecule has 1 heterocycles. The van der Waals surface area contributed by atoms with Crippen molar-refractivity contribution in [2.24, 2.45) is 11.3 Å². The van der Waals surface area contributed by atoms with E-state index in [1.54, 1.807) is 16.8 Å². The summed E-state index contributed by atoms with van der Waals surface area (Å²) in [4.78, 5) is 11.1. The predicted octanol–water partition coefficient (Wildman–Crippen LogP) is 2.81. The van der Waals surface area contributed by atoms with Crippen LogP contribution in [-0.2, 0) is 6.54 Å². The van der Waals surface area contributed by atoms with E-state index < -0.39 is 5.97 Å². The van der Waals surface area contributed by atoms with Crippen LogP contribution < -0.4 is 0 Å². The summed E-state index contributed by atoms with van der Waals surface area (Å²) in [5.74, 6) is -0.563. The first-order valence-corrected chi connectivity index (χ1v) is 6.36. The Hall–Kier alpha value is -1.91. The van der Waals surface area contributed by atoms with Gasteiger partial charge in [0.15, 0.2) is 0 Å². The highest BCUT2D eigenvalue weighted by molar-refractivity contribution is 6.00. The molecule has 1 atom stereocenters. The second-order valence-corrected chi connectivity index (χ2v) is 6.02. The largest absolute Gasteiger partial charge is 0.478 e. The van der Waals surface area contributed by atoms with Crippen LogP contribution in [-0.4, -0.2) is 26.1 Å². The maximum Gasteiger partial charge on any atom is 0.338 e. The van der Waals surface area contributed by atoms with Gasteiger partial charge in [0.25, 0.3) is 0 Å². The predicted molar refractivity (Wildman–Crippen MR) is 73.1 cm³/mol. The van der Waals surface area contributed by atoms with Gasteiger partial charge in [0.05, 0.1) is 11.1 Å². The van der Waals surface area contributed by atoms with Crippen molar-refractivity contribution in [3.05, 3.63) is 23.8 Å². The Balaban J connectivity index is 2.42. The van der Waals surface area contributed by atoms with Crippen LogP contribution in [0.15, 0.2) is 18.2 Å². The molecule has 5 nitrogen and oxygen atoms in total. The van der Waals surface area contributed by atoms with Gasteiger partial charge in [0, 0.05) is 6.54 Å². The van der Waals surface area contributed by atoms with E-state index >= 15 is 0 Å². The number of carbonyl (C=O) groups is 1. The lowest BCUT2D eigenvalue weighted by Gasteiger charge is -2.27. The molecule has 0 saturated carbocycles. The molecule has 1 N–H and O–H groups in total. The smallest absolute Gasteiger partial charge is 0.338 e. The number of fused-ring (bicyclic) bond motifs is 1. The zero-order chi connectivity index (χ0) is 14.2. The summed E-state index contributed by atoms with van der Waals surface area (Å²) >= 11 is 0. The first-order chi connectivity index (χ1) is 8.80. The highest BCUT2D eigenvalue weighted by Gasteiger charge is 2.22. The number of aromatic nitrogens is 3. The van der Waals surface area contributed by atoms with Gasteiger partial charge in [-0.25, -0.2) is 9.48 Å². The van der Waals surface area contributed by atoms with Crippen LogP contribution in [0, 0.1) is 11.3 Å². The third-order valence-corrected chi connectivity index (χ3v) is 3.70. The molecule has 0 fully saturated rings. The number of hydrogen-bond acceptors (Lipinski definition) is 3. The molecule has 102 valence electrons. The van der Waals surface area contributed by atoms with Gasteiger partial charge in [0.2, 0.25) is 0 Å². The van der Waals surface area contributed by atoms with Gasteiger partial charge in [-0.2, -0.15) is 0 Å². The molecule has 0 bridgehead atoms. The maximum absolute atomic E-state index is 11.1. The van der Waals surface area contributed by atoms with Gasteiger partial charge in [-0.1, -0.05) is 39.0 Å². The van der Waals surface area contributed by atoms with Gasteiger partial charge >= 0.3 is 5.97 Å². The van der Waals surface area contributed by atoms with Crippen LogP contribution >= 0.6 is 0 Å². The molecule has 2 rings (SSSR count). The molecule has 0 spiro atoms. The zero-order valence-corrected chi connectivity index (χ0v) is 11.7. The Bertz CT molecular complexity index is 611. The summed E-state index contributed by atoms with van der Waals surface area (Å²) in [5.41, 5.74) is 1.60. The van der Waals surface area contributed by atoms with Crippen molar-refractivity contribution in [1.82, 2.24) is 15.0 Å². The topological polar surface area (TPSA) is 68.0 Å². The molecule has 5 heteroatoms. The third-order valence-electron chi connectivity index (χ3n) is 3.70. The molecule has 1 unspecified atom stereocenters. The molecule has 0 amide bonds. The first kappa shape index (κ1) is 13.5. The first-order valence-electron chi connectivity index (χ1n) is 6.36. The number of nitrogens with zero attached hydrogens (tertiary/aromatic N) is 3. The van der Waals surface area contributed by atoms with E-state index in [1.165, 1.54) is 0 Å². The second kappa shape index (κ2) is 4.64. The SMILES string of the molecule is CC(Cn1nnc2c(C(=O)O)cccc21)C(C)(C)C. The van der Waals surface area contributed by atoms with Crippen molar-refractivity contribution in [3.8, 4) is 0 Å². The van der Waals surface area contributed by atoms with Crippen molar-refractivity contribution in [1.29, 1.82) is 0 Å². The highest BCUT2D eigenvalue weighted by Crippen LogP contribution is 2.27. The standard InChI is InChI=1S/C14H19N3O2/c1-9(14(2,3)4)8-17-11-7-5-6-10(13(18)19)12(11)15-16-17/h5-7,9H,8H2,1-4H3,(H,18,19). The molecule has 0 radical (unpaired) electrons. The van der Waals surface area contributed by atoms with Crippen molar-refractivity contribution >= 4 is 17.0 Å². The third kappa shape index (κ3) is 2.59. The Morgan fingerprint density at radius 1 is 1.42 bits per heavy atom. The number of benzene rings is 1. The number of rotatable bonds is 3. The lowest BCUT2D eigenvalue weighted by molar-refractivity contribution is 0.0699. The lowest BCUT2D eigenvalue weighted by Crippen LogP contribution is -2.23. The fourth-order valence-corrected chi connectivity index (χ4v) is 1.83. The quantitative estimate of drug-likeness (QED) is 0.922. The average Bonchev–Trinajstić information content (AvgIpc) is 2.71. The minimum Gasteiger partial charge on any atom is -0.478 e. The van der Waals surface area contributed by atoms with Crippen LogP contribution in [0.2, 0.25) is 0 Å². The summed E-state index contributed by atoms with van der Waals surface area (Å²) < 4.78 is 1.79. The van der Waals surface area contributed by atoms with Crippen molar-refractivity contribution in [3.63, 3.8) is 0 Å². The van der Waals surface area contributed by atoms with Gasteiger partial charge in [-0.3, -0.25) is 0 Å². The van der Waals surface area contributed by atoms with Crippen molar-refractivity contribution in [2.75, 3.05) is 0 Å². The van der Waals surface area contributed by atoms with E-state index in [4.69, 9.17) is 5.11 Å². The number of hydrogen-bond donors (Lipinski definition) is 1. The Morgan fingerprint density at radius 2 is 2.11 bits per heavy atom. The average molecular weight is 261 g/mol. The molecule has 0 saturated heterocycles. The second-order valence-electron chi connectivity index (χ2n) is 6.02. The molecule has 2 aromatic rings. The molecular weight excluding hydrogens is 242 g/mol. The summed E-state index contributed by atoms with van der Waals surface area (Å²) in [5, 5.41) is 17.2.